The number of carboxylic acids is 1. The fourth-order valence-corrected chi connectivity index (χ4v) is 3.16. The minimum Gasteiger partial charge on any atom is -0.480 e. The van der Waals surface area contributed by atoms with Crippen LogP contribution in [0.2, 0.25) is 0 Å². The number of hydrogen-bond donors (Lipinski definition) is 1. The normalized spacial score (nSPS) is 19.3. The Kier molecular flexibility index (Phi) is 3.84. The number of hydrogen-bond acceptors (Lipinski definition) is 2. The van der Waals surface area contributed by atoms with Crippen molar-refractivity contribution >= 4 is 22.6 Å². The van der Waals surface area contributed by atoms with Gasteiger partial charge in [-0.1, -0.05) is 42.5 Å². The lowest BCUT2D eigenvalue weighted by Gasteiger charge is -2.25. The van der Waals surface area contributed by atoms with Gasteiger partial charge in [0.25, 0.3) is 0 Å². The van der Waals surface area contributed by atoms with E-state index in [2.05, 4.69) is 0 Å². The molecule has 114 valence electrons. The van der Waals surface area contributed by atoms with Gasteiger partial charge in [-0.2, -0.15) is 0 Å². The number of carbonyl (C=O) groups is 2. The number of likely N-dealkylation sites (tertiary alicyclic amines) is 1. The number of aliphatic carboxylic acids is 1. The smallest absolute Gasteiger partial charge is 0.326 e. The van der Waals surface area contributed by atoms with Crippen LogP contribution in [-0.4, -0.2) is 34.5 Å². The standard InChI is InChI=1S/C18H19NO3/c1-12(17(20)19-10-4-7-16(19)18(21)22)14-9-8-13-5-2-3-6-15(13)11-14/h2-3,5-6,8-9,11-12,16H,4,7,10H2,1H3,(H,21,22)/t12?,16-/m0/s1. The van der Waals surface area contributed by atoms with E-state index < -0.39 is 12.0 Å². The summed E-state index contributed by atoms with van der Waals surface area (Å²) < 4.78 is 0. The maximum absolute atomic E-state index is 12.7. The van der Waals surface area contributed by atoms with E-state index in [1.54, 1.807) is 0 Å². The Balaban J connectivity index is 1.86. The Morgan fingerprint density at radius 1 is 1.18 bits per heavy atom. The van der Waals surface area contributed by atoms with Gasteiger partial charge in [-0.15, -0.1) is 0 Å². The molecule has 2 aromatic carbocycles. The van der Waals surface area contributed by atoms with Crippen LogP contribution in [0.1, 0.15) is 31.2 Å². The molecule has 0 bridgehead atoms. The van der Waals surface area contributed by atoms with Gasteiger partial charge < -0.3 is 10.0 Å². The van der Waals surface area contributed by atoms with Crippen molar-refractivity contribution in [2.45, 2.75) is 31.7 Å². The molecule has 4 nitrogen and oxygen atoms in total. The summed E-state index contributed by atoms with van der Waals surface area (Å²) >= 11 is 0. The largest absolute Gasteiger partial charge is 0.480 e. The van der Waals surface area contributed by atoms with E-state index in [0.717, 1.165) is 22.8 Å². The highest BCUT2D eigenvalue weighted by Crippen LogP contribution is 2.27. The molecule has 1 aliphatic heterocycles. The monoisotopic (exact) mass is 297 g/mol. The number of fused-ring (bicyclic) bond motifs is 1. The van der Waals surface area contributed by atoms with Crippen LogP contribution >= 0.6 is 0 Å². The lowest BCUT2D eigenvalue weighted by Crippen LogP contribution is -2.42. The summed E-state index contributed by atoms with van der Waals surface area (Å²) in [5.41, 5.74) is 0.930. The van der Waals surface area contributed by atoms with E-state index in [1.807, 2.05) is 49.4 Å². The van der Waals surface area contributed by atoms with Crippen molar-refractivity contribution in [3.05, 3.63) is 48.0 Å². The minimum atomic E-state index is -0.906. The molecule has 0 aliphatic carbocycles. The summed E-state index contributed by atoms with van der Waals surface area (Å²) in [6.07, 6.45) is 1.30. The van der Waals surface area contributed by atoms with Crippen molar-refractivity contribution in [2.24, 2.45) is 0 Å². The highest BCUT2D eigenvalue weighted by atomic mass is 16.4. The van der Waals surface area contributed by atoms with E-state index in [4.69, 9.17) is 0 Å². The molecule has 1 fully saturated rings. The molecule has 0 radical (unpaired) electrons. The van der Waals surface area contributed by atoms with Crippen LogP contribution in [0, 0.1) is 0 Å². The average Bonchev–Trinajstić information content (AvgIpc) is 3.03. The van der Waals surface area contributed by atoms with Gasteiger partial charge >= 0.3 is 5.97 Å². The van der Waals surface area contributed by atoms with Gasteiger partial charge in [0.1, 0.15) is 6.04 Å². The van der Waals surface area contributed by atoms with Crippen molar-refractivity contribution in [2.75, 3.05) is 6.54 Å². The molecule has 1 amide bonds. The maximum Gasteiger partial charge on any atom is 0.326 e. The third kappa shape index (κ3) is 2.56. The Morgan fingerprint density at radius 2 is 1.91 bits per heavy atom. The van der Waals surface area contributed by atoms with Gasteiger partial charge in [0.2, 0.25) is 5.91 Å². The van der Waals surface area contributed by atoms with Crippen LogP contribution in [0.5, 0.6) is 0 Å². The molecule has 1 N–H and O–H groups in total. The molecule has 3 rings (SSSR count). The topological polar surface area (TPSA) is 57.6 Å². The number of carbonyl (C=O) groups excluding carboxylic acids is 1. The fourth-order valence-electron chi connectivity index (χ4n) is 3.16. The molecule has 1 saturated heterocycles. The number of benzene rings is 2. The SMILES string of the molecule is CC(C(=O)N1CCC[C@H]1C(=O)O)c1ccc2ccccc2c1. The zero-order valence-electron chi connectivity index (χ0n) is 12.5. The summed E-state index contributed by atoms with van der Waals surface area (Å²) in [5, 5.41) is 11.5. The molecule has 2 atom stereocenters. The third-order valence-electron chi connectivity index (χ3n) is 4.46. The molecule has 22 heavy (non-hydrogen) atoms. The Hall–Kier alpha value is -2.36. The molecule has 1 unspecified atom stereocenters. The highest BCUT2D eigenvalue weighted by Gasteiger charge is 2.36. The first-order chi connectivity index (χ1) is 10.6. The molecule has 0 spiro atoms. The summed E-state index contributed by atoms with van der Waals surface area (Å²) in [6, 6.07) is 13.3. The van der Waals surface area contributed by atoms with Gasteiger partial charge in [0.05, 0.1) is 5.92 Å². The second kappa shape index (κ2) is 5.79. The maximum atomic E-state index is 12.7. The Labute approximate surface area is 129 Å². The zero-order chi connectivity index (χ0) is 15.7. The molecular weight excluding hydrogens is 278 g/mol. The van der Waals surface area contributed by atoms with Crippen molar-refractivity contribution in [3.8, 4) is 0 Å². The quantitative estimate of drug-likeness (QED) is 0.947. The summed E-state index contributed by atoms with van der Waals surface area (Å²) in [6.45, 7) is 2.39. The van der Waals surface area contributed by atoms with E-state index in [-0.39, 0.29) is 11.8 Å². The molecule has 1 aliphatic rings. The van der Waals surface area contributed by atoms with Crippen LogP contribution in [0.15, 0.2) is 42.5 Å². The predicted molar refractivity (Wildman–Crippen MR) is 84.7 cm³/mol. The van der Waals surface area contributed by atoms with Gasteiger partial charge in [-0.25, -0.2) is 4.79 Å². The first-order valence-corrected chi connectivity index (χ1v) is 7.60. The molecule has 1 heterocycles. The second-order valence-electron chi connectivity index (χ2n) is 5.86. The van der Waals surface area contributed by atoms with Crippen LogP contribution < -0.4 is 0 Å². The van der Waals surface area contributed by atoms with Crippen LogP contribution in [0.25, 0.3) is 10.8 Å². The molecular formula is C18H19NO3. The molecule has 4 heteroatoms. The van der Waals surface area contributed by atoms with Crippen molar-refractivity contribution in [1.29, 1.82) is 0 Å². The number of carboxylic acid groups (broad SMARTS) is 1. The average molecular weight is 297 g/mol. The Morgan fingerprint density at radius 3 is 2.64 bits per heavy atom. The molecule has 0 aromatic heterocycles. The molecule has 2 aromatic rings. The lowest BCUT2D eigenvalue weighted by molar-refractivity contribution is -0.148. The van der Waals surface area contributed by atoms with Gasteiger partial charge in [-0.3, -0.25) is 4.79 Å². The van der Waals surface area contributed by atoms with E-state index in [9.17, 15) is 14.7 Å². The summed E-state index contributed by atoms with van der Waals surface area (Å²) in [7, 11) is 0. The number of amides is 1. The van der Waals surface area contributed by atoms with Gasteiger partial charge in [-0.05, 0) is 36.1 Å². The van der Waals surface area contributed by atoms with Gasteiger partial charge in [0, 0.05) is 6.54 Å². The molecule has 0 saturated carbocycles. The van der Waals surface area contributed by atoms with E-state index in [1.165, 1.54) is 4.90 Å². The summed E-state index contributed by atoms with van der Waals surface area (Å²) in [5.74, 6) is -1.33. The third-order valence-corrected chi connectivity index (χ3v) is 4.46. The van der Waals surface area contributed by atoms with Gasteiger partial charge in [0.15, 0.2) is 0 Å². The lowest BCUT2D eigenvalue weighted by atomic mass is 9.96. The van der Waals surface area contributed by atoms with Crippen LogP contribution in [0.4, 0.5) is 0 Å². The second-order valence-corrected chi connectivity index (χ2v) is 5.86. The van der Waals surface area contributed by atoms with Crippen molar-refractivity contribution in [1.82, 2.24) is 4.90 Å². The first-order valence-electron chi connectivity index (χ1n) is 7.60. The highest BCUT2D eigenvalue weighted by molar-refractivity contribution is 5.90. The van der Waals surface area contributed by atoms with Crippen LogP contribution in [0.3, 0.4) is 0 Å². The van der Waals surface area contributed by atoms with Crippen LogP contribution in [-0.2, 0) is 9.59 Å². The van der Waals surface area contributed by atoms with E-state index in [0.29, 0.717) is 13.0 Å². The van der Waals surface area contributed by atoms with Crippen molar-refractivity contribution < 1.29 is 14.7 Å². The van der Waals surface area contributed by atoms with E-state index >= 15 is 0 Å². The first kappa shape index (κ1) is 14.6. The fraction of sp³-hybridized carbons (Fsp3) is 0.333. The van der Waals surface area contributed by atoms with Crippen molar-refractivity contribution in [3.63, 3.8) is 0 Å². The minimum absolute atomic E-state index is 0.0971. The predicted octanol–water partition coefficient (Wildman–Crippen LogP) is 3.02. The number of nitrogens with zero attached hydrogens (tertiary/aromatic N) is 1. The number of rotatable bonds is 3. The summed E-state index contributed by atoms with van der Waals surface area (Å²) in [4.78, 5) is 25.4. The Bertz CT molecular complexity index is 725. The zero-order valence-corrected chi connectivity index (χ0v) is 12.5.